The van der Waals surface area contributed by atoms with E-state index >= 15 is 0 Å². The molecule has 2 N–H and O–H groups in total. The Morgan fingerprint density at radius 3 is 2.49 bits per heavy atom. The van der Waals surface area contributed by atoms with Gasteiger partial charge in [0.2, 0.25) is 0 Å². The van der Waals surface area contributed by atoms with Gasteiger partial charge in [-0.25, -0.2) is 8.42 Å². The van der Waals surface area contributed by atoms with E-state index in [9.17, 15) is 18.3 Å². The molecule has 9 nitrogen and oxygen atoms in total. The number of likely N-dealkylation sites (N-methyl/N-ethyl adjacent to an activating group) is 1. The lowest BCUT2D eigenvalue weighted by Gasteiger charge is -2.36. The Morgan fingerprint density at radius 2 is 1.81 bits per heavy atom. The predicted molar refractivity (Wildman–Crippen MR) is 169 cm³/mol. The van der Waals surface area contributed by atoms with Crippen molar-refractivity contribution in [3.05, 3.63) is 53.1 Å². The van der Waals surface area contributed by atoms with Crippen LogP contribution >= 0.6 is 11.6 Å². The van der Waals surface area contributed by atoms with Gasteiger partial charge in [-0.05, 0) is 101 Å². The summed E-state index contributed by atoms with van der Waals surface area (Å²) in [5.74, 6) is 0.780. The average Bonchev–Trinajstić information content (AvgIpc) is 3.78. The van der Waals surface area contributed by atoms with E-state index in [1.54, 1.807) is 24.0 Å². The van der Waals surface area contributed by atoms with E-state index in [1.165, 1.54) is 43.2 Å². The van der Waals surface area contributed by atoms with Gasteiger partial charge in [0, 0.05) is 42.9 Å². The molecule has 0 spiro atoms. The van der Waals surface area contributed by atoms with Crippen LogP contribution in [0.3, 0.4) is 0 Å². The Balaban J connectivity index is 1.65. The fraction of sp³-hybridized carbons (Fsp3) is 0.594. The zero-order valence-corrected chi connectivity index (χ0v) is 27.2. The van der Waals surface area contributed by atoms with Crippen LogP contribution in [0.2, 0.25) is 5.02 Å². The topological polar surface area (TPSA) is 108 Å². The van der Waals surface area contributed by atoms with Gasteiger partial charge in [-0.3, -0.25) is 9.52 Å². The molecule has 0 aromatic heterocycles. The molecule has 1 saturated carbocycles. The molecule has 2 aromatic carbocycles. The van der Waals surface area contributed by atoms with Crippen molar-refractivity contribution in [2.75, 3.05) is 44.6 Å². The number of benzene rings is 2. The van der Waals surface area contributed by atoms with Crippen molar-refractivity contribution >= 4 is 33.2 Å². The first-order chi connectivity index (χ1) is 20.5. The molecule has 43 heavy (non-hydrogen) atoms. The number of carbonyl (C=O) groups excluding carboxylic acids is 1. The van der Waals surface area contributed by atoms with Crippen molar-refractivity contribution in [2.24, 2.45) is 11.8 Å². The molecule has 0 bridgehead atoms. The number of amides is 1. The molecule has 2 aromatic rings. The number of nitrogens with zero attached hydrogens (tertiary/aromatic N) is 2. The third-order valence-electron chi connectivity index (χ3n) is 8.19. The van der Waals surface area contributed by atoms with E-state index in [0.29, 0.717) is 23.9 Å². The Labute approximate surface area is 261 Å². The van der Waals surface area contributed by atoms with Gasteiger partial charge in [0.1, 0.15) is 5.75 Å². The van der Waals surface area contributed by atoms with Gasteiger partial charge in [-0.1, -0.05) is 18.5 Å². The molecule has 1 heterocycles. The number of sulfonamides is 1. The van der Waals surface area contributed by atoms with Crippen LogP contribution in [-0.2, 0) is 14.8 Å². The zero-order valence-electron chi connectivity index (χ0n) is 25.7. The summed E-state index contributed by atoms with van der Waals surface area (Å²) in [6, 6.07) is 10.1. The second-order valence-electron chi connectivity index (χ2n) is 12.2. The lowest BCUT2D eigenvalue weighted by molar-refractivity contribution is -0.0172. The molecular weight excluding hydrogens is 590 g/mol. The van der Waals surface area contributed by atoms with Crippen LogP contribution < -0.4 is 9.46 Å². The highest BCUT2D eigenvalue weighted by Crippen LogP contribution is 2.31. The molecule has 1 fully saturated rings. The average molecular weight is 636 g/mol. The number of ether oxygens (including phenoxy) is 2. The van der Waals surface area contributed by atoms with E-state index in [1.807, 2.05) is 6.92 Å². The van der Waals surface area contributed by atoms with E-state index in [0.717, 1.165) is 38.3 Å². The van der Waals surface area contributed by atoms with Gasteiger partial charge in [-0.2, -0.15) is 0 Å². The first-order valence-electron chi connectivity index (χ1n) is 15.3. The van der Waals surface area contributed by atoms with Gasteiger partial charge in [0.15, 0.2) is 0 Å². The molecule has 0 saturated heterocycles. The molecule has 1 aliphatic heterocycles. The largest absolute Gasteiger partial charge is 0.490 e. The fourth-order valence-electron chi connectivity index (χ4n) is 5.40. The van der Waals surface area contributed by atoms with E-state index in [-0.39, 0.29) is 46.8 Å². The summed E-state index contributed by atoms with van der Waals surface area (Å²) in [6.07, 6.45) is 4.89. The van der Waals surface area contributed by atoms with Crippen molar-refractivity contribution in [1.29, 1.82) is 0 Å². The lowest BCUT2D eigenvalue weighted by Crippen LogP contribution is -2.47. The number of rotatable bonds is 9. The van der Waals surface area contributed by atoms with Crippen LogP contribution in [0, 0.1) is 11.8 Å². The summed E-state index contributed by atoms with van der Waals surface area (Å²) in [4.78, 5) is 18.3. The number of halogens is 1. The van der Waals surface area contributed by atoms with Crippen molar-refractivity contribution in [1.82, 2.24) is 9.80 Å². The minimum Gasteiger partial charge on any atom is -0.490 e. The van der Waals surface area contributed by atoms with Gasteiger partial charge in [0.05, 0.1) is 35.3 Å². The fourth-order valence-corrected chi connectivity index (χ4v) is 6.57. The monoisotopic (exact) mass is 635 g/mol. The number of carbonyl (C=O) groups is 1. The molecule has 4 atom stereocenters. The lowest BCUT2D eigenvalue weighted by atomic mass is 10.0. The maximum absolute atomic E-state index is 14.3. The van der Waals surface area contributed by atoms with Crippen LogP contribution in [0.25, 0.3) is 0 Å². The maximum atomic E-state index is 14.3. The number of hydrogen-bond acceptors (Lipinski definition) is 7. The Kier molecular flexibility index (Phi) is 11.8. The van der Waals surface area contributed by atoms with Crippen molar-refractivity contribution < 1.29 is 27.8 Å². The number of aliphatic hydroxyl groups excluding tert-OH is 1. The van der Waals surface area contributed by atoms with E-state index < -0.39 is 16.1 Å². The molecule has 1 aliphatic carbocycles. The van der Waals surface area contributed by atoms with Gasteiger partial charge in [-0.15, -0.1) is 0 Å². The predicted octanol–water partition coefficient (Wildman–Crippen LogP) is 5.28. The van der Waals surface area contributed by atoms with Gasteiger partial charge < -0.3 is 24.4 Å². The normalized spacial score (nSPS) is 23.3. The molecule has 0 radical (unpaired) electrons. The van der Waals surface area contributed by atoms with Crippen molar-refractivity contribution in [2.45, 2.75) is 76.0 Å². The zero-order chi connectivity index (χ0) is 31.1. The van der Waals surface area contributed by atoms with Crippen LogP contribution in [0.15, 0.2) is 47.4 Å². The highest BCUT2D eigenvalue weighted by Gasteiger charge is 2.31. The molecule has 238 valence electrons. The van der Waals surface area contributed by atoms with Gasteiger partial charge in [0.25, 0.3) is 15.9 Å². The Bertz CT molecular complexity index is 1320. The van der Waals surface area contributed by atoms with Crippen LogP contribution in [0.5, 0.6) is 5.75 Å². The molecular formula is C32H46ClN3O6S. The van der Waals surface area contributed by atoms with E-state index in [4.69, 9.17) is 21.1 Å². The number of anilines is 1. The quantitative estimate of drug-likeness (QED) is 0.386. The van der Waals surface area contributed by atoms with Crippen LogP contribution in [-0.4, -0.2) is 87.4 Å². The highest BCUT2D eigenvalue weighted by atomic mass is 35.5. The number of hydrogen-bond donors (Lipinski definition) is 2. The standard InChI is InChI=1S/C32H46ClN3O6S/c1-22-18-36(23(2)21-37)32(38)29-17-27(34-43(39,40)28-13-10-26(33)11-14-28)12-15-30(29)42-24(3)7-5-6-16-41-31(22)20-35(4)19-25-8-9-25/h10-15,17,22-25,31,34,37H,5-9,16,18-21H2,1-4H3/t22-,23+,24+,31+/m0/s1. The first kappa shape index (κ1) is 33.5. The minimum absolute atomic E-state index is 0.0163. The van der Waals surface area contributed by atoms with Crippen LogP contribution in [0.1, 0.15) is 63.2 Å². The minimum atomic E-state index is -3.94. The molecule has 4 rings (SSSR count). The number of aliphatic hydroxyl groups is 1. The van der Waals surface area contributed by atoms with E-state index in [2.05, 4.69) is 23.6 Å². The summed E-state index contributed by atoms with van der Waals surface area (Å²) in [7, 11) is -1.81. The van der Waals surface area contributed by atoms with Gasteiger partial charge >= 0.3 is 0 Å². The summed E-state index contributed by atoms with van der Waals surface area (Å²) < 4.78 is 41.5. The third-order valence-corrected chi connectivity index (χ3v) is 9.84. The molecule has 1 amide bonds. The van der Waals surface area contributed by atoms with Crippen LogP contribution in [0.4, 0.5) is 5.69 Å². The first-order valence-corrected chi connectivity index (χ1v) is 17.1. The number of nitrogens with one attached hydrogen (secondary N) is 1. The Hall–Kier alpha value is -2.37. The third kappa shape index (κ3) is 9.56. The molecule has 11 heteroatoms. The maximum Gasteiger partial charge on any atom is 0.261 e. The smallest absolute Gasteiger partial charge is 0.261 e. The summed E-state index contributed by atoms with van der Waals surface area (Å²) >= 11 is 5.94. The SMILES string of the molecule is C[C@@H]1CCCCO[C@H](CN(C)CC2CC2)[C@@H](C)CN([C@H](C)CO)C(=O)c2cc(NS(=O)(=O)c3ccc(Cl)cc3)ccc2O1. The molecule has 0 unspecified atom stereocenters. The molecule has 2 aliphatic rings. The highest BCUT2D eigenvalue weighted by molar-refractivity contribution is 7.92. The Morgan fingerprint density at radius 1 is 1.09 bits per heavy atom. The summed E-state index contributed by atoms with van der Waals surface area (Å²) in [6.45, 7) is 8.43. The second-order valence-corrected chi connectivity index (χ2v) is 14.4. The number of fused-ring (bicyclic) bond motifs is 1. The second kappa shape index (κ2) is 15.1. The van der Waals surface area contributed by atoms with Crippen molar-refractivity contribution in [3.63, 3.8) is 0 Å². The van der Waals surface area contributed by atoms with Crippen molar-refractivity contribution in [3.8, 4) is 5.75 Å². The summed E-state index contributed by atoms with van der Waals surface area (Å²) in [5.41, 5.74) is 0.461. The summed E-state index contributed by atoms with van der Waals surface area (Å²) in [5, 5.41) is 10.6.